The van der Waals surface area contributed by atoms with Crippen molar-refractivity contribution in [2.75, 3.05) is 46.6 Å². The highest BCUT2D eigenvalue weighted by molar-refractivity contribution is 5.82. The minimum Gasteiger partial charge on any atom is -0.382 e. The lowest BCUT2D eigenvalue weighted by Gasteiger charge is -2.32. The molecule has 0 aromatic carbocycles. The number of methoxy groups -OCH3 is 1. The van der Waals surface area contributed by atoms with Gasteiger partial charge in [-0.05, 0) is 38.6 Å². The quantitative estimate of drug-likeness (QED) is 0.584. The summed E-state index contributed by atoms with van der Waals surface area (Å²) >= 11 is 0. The van der Waals surface area contributed by atoms with Gasteiger partial charge in [-0.2, -0.15) is 0 Å². The molecule has 1 fully saturated rings. The number of likely N-dealkylation sites (tertiary alicyclic amines) is 1. The summed E-state index contributed by atoms with van der Waals surface area (Å²) in [5.41, 5.74) is 0. The van der Waals surface area contributed by atoms with Crippen molar-refractivity contribution in [2.24, 2.45) is 0 Å². The SMILES string of the molecule is CCCNC1CCCN(CCCCOCCOC)C1=O. The average Bonchev–Trinajstić information content (AvgIpc) is 2.46. The molecule has 5 heteroatoms. The van der Waals surface area contributed by atoms with Crippen LogP contribution >= 0.6 is 0 Å². The van der Waals surface area contributed by atoms with E-state index in [1.165, 1.54) is 0 Å². The number of amides is 1. The molecule has 20 heavy (non-hydrogen) atoms. The van der Waals surface area contributed by atoms with Gasteiger partial charge in [0.1, 0.15) is 0 Å². The summed E-state index contributed by atoms with van der Waals surface area (Å²) in [6.07, 6.45) is 5.18. The first kappa shape index (κ1) is 17.4. The number of ether oxygens (including phenoxy) is 2. The van der Waals surface area contributed by atoms with Gasteiger partial charge in [0.05, 0.1) is 19.3 Å². The summed E-state index contributed by atoms with van der Waals surface area (Å²) in [6, 6.07) is 0.0432. The molecule has 1 unspecified atom stereocenters. The van der Waals surface area contributed by atoms with Gasteiger partial charge in [0, 0.05) is 26.8 Å². The first-order chi connectivity index (χ1) is 9.79. The maximum absolute atomic E-state index is 12.3. The zero-order chi connectivity index (χ0) is 14.6. The first-order valence-electron chi connectivity index (χ1n) is 7.88. The lowest BCUT2D eigenvalue weighted by Crippen LogP contribution is -2.51. The van der Waals surface area contributed by atoms with Crippen molar-refractivity contribution in [3.05, 3.63) is 0 Å². The molecule has 1 aliphatic rings. The second-order valence-corrected chi connectivity index (χ2v) is 5.29. The van der Waals surface area contributed by atoms with Crippen LogP contribution < -0.4 is 5.32 Å². The predicted molar refractivity (Wildman–Crippen MR) is 79.8 cm³/mol. The molecular weight excluding hydrogens is 256 g/mol. The molecular formula is C15H30N2O3. The van der Waals surface area contributed by atoms with E-state index in [1.807, 2.05) is 4.90 Å². The fourth-order valence-corrected chi connectivity index (χ4v) is 2.42. The Labute approximate surface area is 123 Å². The molecule has 1 rings (SSSR count). The minimum atomic E-state index is 0.0432. The average molecular weight is 286 g/mol. The van der Waals surface area contributed by atoms with Crippen molar-refractivity contribution in [2.45, 2.75) is 45.1 Å². The van der Waals surface area contributed by atoms with Crippen LogP contribution in [0.2, 0.25) is 0 Å². The smallest absolute Gasteiger partial charge is 0.239 e. The van der Waals surface area contributed by atoms with Crippen molar-refractivity contribution < 1.29 is 14.3 Å². The van der Waals surface area contributed by atoms with Crippen LogP contribution in [0.5, 0.6) is 0 Å². The number of piperidine rings is 1. The molecule has 5 nitrogen and oxygen atoms in total. The van der Waals surface area contributed by atoms with E-state index in [4.69, 9.17) is 9.47 Å². The van der Waals surface area contributed by atoms with Crippen molar-refractivity contribution in [1.29, 1.82) is 0 Å². The van der Waals surface area contributed by atoms with Crippen LogP contribution in [0.4, 0.5) is 0 Å². The maximum atomic E-state index is 12.3. The van der Waals surface area contributed by atoms with E-state index >= 15 is 0 Å². The minimum absolute atomic E-state index is 0.0432. The van der Waals surface area contributed by atoms with Crippen molar-refractivity contribution in [3.63, 3.8) is 0 Å². The van der Waals surface area contributed by atoms with E-state index in [1.54, 1.807) is 7.11 Å². The second-order valence-electron chi connectivity index (χ2n) is 5.29. The Morgan fingerprint density at radius 3 is 2.90 bits per heavy atom. The van der Waals surface area contributed by atoms with Crippen LogP contribution in [0.25, 0.3) is 0 Å². The van der Waals surface area contributed by atoms with Gasteiger partial charge in [-0.25, -0.2) is 0 Å². The molecule has 0 spiro atoms. The van der Waals surface area contributed by atoms with Gasteiger partial charge in [0.15, 0.2) is 0 Å². The second kappa shape index (κ2) is 11.1. The van der Waals surface area contributed by atoms with E-state index in [2.05, 4.69) is 12.2 Å². The van der Waals surface area contributed by atoms with Crippen LogP contribution in [0.3, 0.4) is 0 Å². The molecule has 0 aromatic rings. The van der Waals surface area contributed by atoms with Gasteiger partial charge in [-0.3, -0.25) is 4.79 Å². The number of carbonyl (C=O) groups is 1. The van der Waals surface area contributed by atoms with Gasteiger partial charge in [-0.15, -0.1) is 0 Å². The lowest BCUT2D eigenvalue weighted by molar-refractivity contribution is -0.136. The lowest BCUT2D eigenvalue weighted by atomic mass is 10.0. The highest BCUT2D eigenvalue weighted by Crippen LogP contribution is 2.12. The molecule has 0 aliphatic carbocycles. The standard InChI is InChI=1S/C15H30N2O3/c1-3-8-16-14-7-6-10-17(15(14)18)9-4-5-11-20-13-12-19-2/h14,16H,3-13H2,1-2H3. The molecule has 0 saturated carbocycles. The number of unbranched alkanes of at least 4 members (excludes halogenated alkanes) is 1. The summed E-state index contributed by atoms with van der Waals surface area (Å²) in [5, 5.41) is 3.35. The van der Waals surface area contributed by atoms with Crippen LogP contribution in [0.1, 0.15) is 39.0 Å². The number of hydrogen-bond acceptors (Lipinski definition) is 4. The Kier molecular flexibility index (Phi) is 9.62. The van der Waals surface area contributed by atoms with Crippen LogP contribution in [0.15, 0.2) is 0 Å². The summed E-state index contributed by atoms with van der Waals surface area (Å²) < 4.78 is 10.3. The van der Waals surface area contributed by atoms with E-state index in [0.29, 0.717) is 13.2 Å². The zero-order valence-corrected chi connectivity index (χ0v) is 13.0. The Morgan fingerprint density at radius 1 is 1.30 bits per heavy atom. The molecule has 0 radical (unpaired) electrons. The van der Waals surface area contributed by atoms with Crippen LogP contribution in [-0.2, 0) is 14.3 Å². The molecule has 1 N–H and O–H groups in total. The summed E-state index contributed by atoms with van der Waals surface area (Å²) in [5.74, 6) is 0.282. The summed E-state index contributed by atoms with van der Waals surface area (Å²) in [4.78, 5) is 14.3. The molecule has 0 aromatic heterocycles. The number of hydrogen-bond donors (Lipinski definition) is 1. The Bertz CT molecular complexity index is 262. The monoisotopic (exact) mass is 286 g/mol. The molecule has 1 aliphatic heterocycles. The summed E-state index contributed by atoms with van der Waals surface area (Å²) in [6.45, 7) is 6.88. The fraction of sp³-hybridized carbons (Fsp3) is 0.933. The Morgan fingerprint density at radius 2 is 2.15 bits per heavy atom. The maximum Gasteiger partial charge on any atom is 0.239 e. The summed E-state index contributed by atoms with van der Waals surface area (Å²) in [7, 11) is 1.67. The third-order valence-electron chi connectivity index (χ3n) is 3.57. The third-order valence-corrected chi connectivity index (χ3v) is 3.57. The van der Waals surface area contributed by atoms with E-state index in [9.17, 15) is 4.79 Å². The third kappa shape index (κ3) is 6.68. The topological polar surface area (TPSA) is 50.8 Å². The van der Waals surface area contributed by atoms with Crippen LogP contribution in [0, 0.1) is 0 Å². The molecule has 1 heterocycles. The molecule has 1 atom stereocenters. The normalized spacial score (nSPS) is 19.6. The van der Waals surface area contributed by atoms with Gasteiger partial charge < -0.3 is 19.7 Å². The van der Waals surface area contributed by atoms with E-state index in [-0.39, 0.29) is 11.9 Å². The Balaban J connectivity index is 2.11. The van der Waals surface area contributed by atoms with Gasteiger partial charge in [-0.1, -0.05) is 6.92 Å². The Hall–Kier alpha value is -0.650. The fourth-order valence-electron chi connectivity index (χ4n) is 2.42. The highest BCUT2D eigenvalue weighted by atomic mass is 16.5. The predicted octanol–water partition coefficient (Wildman–Crippen LogP) is 1.42. The van der Waals surface area contributed by atoms with Crippen molar-refractivity contribution in [1.82, 2.24) is 10.2 Å². The number of nitrogens with one attached hydrogen (secondary N) is 1. The van der Waals surface area contributed by atoms with E-state index < -0.39 is 0 Å². The highest BCUT2D eigenvalue weighted by Gasteiger charge is 2.27. The number of rotatable bonds is 11. The number of carbonyl (C=O) groups excluding carboxylic acids is 1. The van der Waals surface area contributed by atoms with Gasteiger partial charge in [0.25, 0.3) is 0 Å². The molecule has 118 valence electrons. The number of nitrogens with zero attached hydrogens (tertiary/aromatic N) is 1. The van der Waals surface area contributed by atoms with Gasteiger partial charge >= 0.3 is 0 Å². The molecule has 1 amide bonds. The molecule has 0 bridgehead atoms. The van der Waals surface area contributed by atoms with Gasteiger partial charge in [0.2, 0.25) is 5.91 Å². The van der Waals surface area contributed by atoms with E-state index in [0.717, 1.165) is 58.3 Å². The first-order valence-corrected chi connectivity index (χ1v) is 7.88. The van der Waals surface area contributed by atoms with Crippen molar-refractivity contribution >= 4 is 5.91 Å². The molecule has 1 saturated heterocycles. The van der Waals surface area contributed by atoms with Crippen molar-refractivity contribution in [3.8, 4) is 0 Å². The zero-order valence-electron chi connectivity index (χ0n) is 13.0. The largest absolute Gasteiger partial charge is 0.382 e. The van der Waals surface area contributed by atoms with Crippen LogP contribution in [-0.4, -0.2) is 63.4 Å².